The molecule has 1 saturated carbocycles. The Kier molecular flexibility index (Phi) is 5.41. The van der Waals surface area contributed by atoms with Crippen molar-refractivity contribution in [2.75, 3.05) is 13.2 Å². The largest absolute Gasteiger partial charge is 0.491 e. The lowest BCUT2D eigenvalue weighted by atomic mass is 9.88. The fourth-order valence-corrected chi connectivity index (χ4v) is 2.62. The lowest BCUT2D eigenvalue weighted by Crippen LogP contribution is -2.27. The highest BCUT2D eigenvalue weighted by molar-refractivity contribution is 5.94. The molecule has 1 fully saturated rings. The molecule has 1 aliphatic rings. The van der Waals surface area contributed by atoms with Crippen LogP contribution in [0.25, 0.3) is 0 Å². The SMILES string of the molecule is CC1CCCCC1OCCOc1ccc(C(=N)N)cc1. The molecule has 0 saturated heterocycles. The van der Waals surface area contributed by atoms with Crippen LogP contribution in [0.15, 0.2) is 24.3 Å². The van der Waals surface area contributed by atoms with Gasteiger partial charge in [-0.05, 0) is 43.0 Å². The summed E-state index contributed by atoms with van der Waals surface area (Å²) in [5, 5.41) is 7.32. The molecule has 4 nitrogen and oxygen atoms in total. The van der Waals surface area contributed by atoms with Crippen LogP contribution in [0, 0.1) is 11.3 Å². The summed E-state index contributed by atoms with van der Waals surface area (Å²) in [5.74, 6) is 1.53. The average Bonchev–Trinajstić information content (AvgIpc) is 2.46. The summed E-state index contributed by atoms with van der Waals surface area (Å²) < 4.78 is 11.5. The van der Waals surface area contributed by atoms with E-state index in [4.69, 9.17) is 20.6 Å². The molecule has 2 atom stereocenters. The van der Waals surface area contributed by atoms with Crippen molar-refractivity contribution in [1.29, 1.82) is 5.41 Å². The topological polar surface area (TPSA) is 68.3 Å². The van der Waals surface area contributed by atoms with Gasteiger partial charge in [0, 0.05) is 5.56 Å². The van der Waals surface area contributed by atoms with E-state index in [0.717, 1.165) is 5.75 Å². The van der Waals surface area contributed by atoms with Crippen LogP contribution in [0.2, 0.25) is 0 Å². The van der Waals surface area contributed by atoms with E-state index in [9.17, 15) is 0 Å². The molecule has 4 heteroatoms. The summed E-state index contributed by atoms with van der Waals surface area (Å²) in [6.07, 6.45) is 5.46. The molecule has 0 amide bonds. The second-order valence-corrected chi connectivity index (χ2v) is 5.46. The Morgan fingerprint density at radius 2 is 1.90 bits per heavy atom. The molecule has 0 radical (unpaired) electrons. The molecular weight excluding hydrogens is 252 g/mol. The molecule has 1 aromatic carbocycles. The van der Waals surface area contributed by atoms with E-state index < -0.39 is 0 Å². The Labute approximate surface area is 120 Å². The highest BCUT2D eigenvalue weighted by Gasteiger charge is 2.21. The number of nitrogens with two attached hydrogens (primary N) is 1. The second-order valence-electron chi connectivity index (χ2n) is 5.46. The van der Waals surface area contributed by atoms with Gasteiger partial charge in [-0.1, -0.05) is 19.8 Å². The normalized spacial score (nSPS) is 22.4. The summed E-state index contributed by atoms with van der Waals surface area (Å²) in [6.45, 7) is 3.46. The van der Waals surface area contributed by atoms with Gasteiger partial charge in [0.2, 0.25) is 0 Å². The molecule has 0 aliphatic heterocycles. The van der Waals surface area contributed by atoms with Crippen molar-refractivity contribution in [3.05, 3.63) is 29.8 Å². The Hall–Kier alpha value is -1.55. The number of ether oxygens (including phenoxy) is 2. The van der Waals surface area contributed by atoms with Crippen molar-refractivity contribution in [1.82, 2.24) is 0 Å². The second kappa shape index (κ2) is 7.29. The van der Waals surface area contributed by atoms with E-state index in [1.165, 1.54) is 25.7 Å². The minimum absolute atomic E-state index is 0.0752. The molecular formula is C16H24N2O2. The van der Waals surface area contributed by atoms with Gasteiger partial charge in [0.15, 0.2) is 0 Å². The van der Waals surface area contributed by atoms with Crippen molar-refractivity contribution in [3.63, 3.8) is 0 Å². The molecule has 20 heavy (non-hydrogen) atoms. The van der Waals surface area contributed by atoms with Gasteiger partial charge in [0.05, 0.1) is 12.7 Å². The third-order valence-corrected chi connectivity index (χ3v) is 3.88. The van der Waals surface area contributed by atoms with Crippen LogP contribution < -0.4 is 10.5 Å². The predicted molar refractivity (Wildman–Crippen MR) is 80.3 cm³/mol. The van der Waals surface area contributed by atoms with Crippen molar-refractivity contribution in [2.45, 2.75) is 38.7 Å². The Balaban J connectivity index is 1.69. The van der Waals surface area contributed by atoms with Gasteiger partial charge in [-0.2, -0.15) is 0 Å². The van der Waals surface area contributed by atoms with Crippen molar-refractivity contribution >= 4 is 5.84 Å². The highest BCUT2D eigenvalue weighted by Crippen LogP contribution is 2.26. The number of hydrogen-bond acceptors (Lipinski definition) is 3. The van der Waals surface area contributed by atoms with Gasteiger partial charge in [0.1, 0.15) is 18.2 Å². The smallest absolute Gasteiger partial charge is 0.122 e. The number of rotatable bonds is 6. The minimum atomic E-state index is 0.0752. The monoisotopic (exact) mass is 276 g/mol. The molecule has 2 unspecified atom stereocenters. The number of nitrogens with one attached hydrogen (secondary N) is 1. The summed E-state index contributed by atoms with van der Waals surface area (Å²) in [4.78, 5) is 0. The molecule has 1 aromatic rings. The van der Waals surface area contributed by atoms with Gasteiger partial charge >= 0.3 is 0 Å². The predicted octanol–water partition coefficient (Wildman–Crippen LogP) is 2.94. The van der Waals surface area contributed by atoms with Gasteiger partial charge < -0.3 is 15.2 Å². The lowest BCUT2D eigenvalue weighted by molar-refractivity contribution is -0.0165. The van der Waals surface area contributed by atoms with E-state index in [1.54, 1.807) is 12.1 Å². The Bertz CT molecular complexity index is 431. The van der Waals surface area contributed by atoms with E-state index >= 15 is 0 Å². The van der Waals surface area contributed by atoms with Crippen molar-refractivity contribution < 1.29 is 9.47 Å². The van der Waals surface area contributed by atoms with Crippen LogP contribution >= 0.6 is 0 Å². The van der Waals surface area contributed by atoms with Crippen LogP contribution in [0.5, 0.6) is 5.75 Å². The molecule has 0 aromatic heterocycles. The lowest BCUT2D eigenvalue weighted by Gasteiger charge is -2.28. The quantitative estimate of drug-likeness (QED) is 0.477. The van der Waals surface area contributed by atoms with Crippen LogP contribution in [-0.4, -0.2) is 25.2 Å². The maximum Gasteiger partial charge on any atom is 0.122 e. The summed E-state index contributed by atoms with van der Waals surface area (Å²) >= 11 is 0. The molecule has 1 aliphatic carbocycles. The van der Waals surface area contributed by atoms with Gasteiger partial charge in [-0.15, -0.1) is 0 Å². The zero-order chi connectivity index (χ0) is 14.4. The Morgan fingerprint density at radius 3 is 2.55 bits per heavy atom. The molecule has 0 bridgehead atoms. The third-order valence-electron chi connectivity index (χ3n) is 3.88. The maximum absolute atomic E-state index is 7.32. The first-order valence-electron chi connectivity index (χ1n) is 7.35. The number of hydrogen-bond donors (Lipinski definition) is 2. The summed E-state index contributed by atoms with van der Waals surface area (Å²) in [6, 6.07) is 7.25. The van der Waals surface area contributed by atoms with Crippen molar-refractivity contribution in [2.24, 2.45) is 11.7 Å². The zero-order valence-corrected chi connectivity index (χ0v) is 12.1. The molecule has 2 rings (SSSR count). The molecule has 0 spiro atoms. The van der Waals surface area contributed by atoms with Crippen LogP contribution in [-0.2, 0) is 4.74 Å². The fraction of sp³-hybridized carbons (Fsp3) is 0.562. The van der Waals surface area contributed by atoms with Crippen LogP contribution in [0.1, 0.15) is 38.2 Å². The number of benzene rings is 1. The van der Waals surface area contributed by atoms with Crippen molar-refractivity contribution in [3.8, 4) is 5.75 Å². The fourth-order valence-electron chi connectivity index (χ4n) is 2.62. The first-order chi connectivity index (χ1) is 9.66. The van der Waals surface area contributed by atoms with E-state index in [2.05, 4.69) is 6.92 Å². The van der Waals surface area contributed by atoms with Gasteiger partial charge in [0.25, 0.3) is 0 Å². The van der Waals surface area contributed by atoms with Gasteiger partial charge in [-0.25, -0.2) is 0 Å². The van der Waals surface area contributed by atoms with E-state index in [1.807, 2.05) is 12.1 Å². The molecule has 3 N–H and O–H groups in total. The first-order valence-corrected chi connectivity index (χ1v) is 7.35. The summed E-state index contributed by atoms with van der Waals surface area (Å²) in [7, 11) is 0. The van der Waals surface area contributed by atoms with Crippen LogP contribution in [0.4, 0.5) is 0 Å². The zero-order valence-electron chi connectivity index (χ0n) is 12.1. The van der Waals surface area contributed by atoms with Gasteiger partial charge in [-0.3, -0.25) is 5.41 Å². The summed E-state index contributed by atoms with van der Waals surface area (Å²) in [5.41, 5.74) is 6.12. The maximum atomic E-state index is 7.32. The molecule has 110 valence electrons. The van der Waals surface area contributed by atoms with E-state index in [0.29, 0.717) is 30.8 Å². The standard InChI is InChI=1S/C16H24N2O2/c1-12-4-2-3-5-15(12)20-11-10-19-14-8-6-13(7-9-14)16(17)18/h6-9,12,15H,2-5,10-11H2,1H3,(H3,17,18). The Morgan fingerprint density at radius 1 is 1.20 bits per heavy atom. The number of nitrogen functional groups attached to an aromatic ring is 1. The van der Waals surface area contributed by atoms with Crippen LogP contribution in [0.3, 0.4) is 0 Å². The average molecular weight is 276 g/mol. The first kappa shape index (κ1) is 14.9. The minimum Gasteiger partial charge on any atom is -0.491 e. The molecule has 0 heterocycles. The number of amidine groups is 1. The highest BCUT2D eigenvalue weighted by atomic mass is 16.5. The van der Waals surface area contributed by atoms with E-state index in [-0.39, 0.29) is 5.84 Å². The third kappa shape index (κ3) is 4.23.